The van der Waals surface area contributed by atoms with E-state index in [-0.39, 0.29) is 18.4 Å². The standard InChI is InChI=1S/C23H34N4O2/c1-2-3-4-5-6-7-8-9-10-15-22(28)25-18-23(29)27-26-17-19-16-24-21-14-12-11-13-20(19)21/h11-14,16-17,24H,2-10,15,18H2,1H3,(H,25,28)(H,27,29). The van der Waals surface area contributed by atoms with E-state index in [2.05, 4.69) is 27.8 Å². The smallest absolute Gasteiger partial charge is 0.259 e. The SMILES string of the molecule is CCCCCCCCCCCC(=O)NCC(=O)NN=Cc1c[nH]c2ccccc12. The van der Waals surface area contributed by atoms with Crippen molar-refractivity contribution >= 4 is 28.9 Å². The minimum absolute atomic E-state index is 0.0541. The van der Waals surface area contributed by atoms with Crippen molar-refractivity contribution in [2.75, 3.05) is 6.54 Å². The van der Waals surface area contributed by atoms with Gasteiger partial charge in [-0.1, -0.05) is 76.5 Å². The predicted octanol–water partition coefficient (Wildman–Crippen LogP) is 4.66. The van der Waals surface area contributed by atoms with Crippen molar-refractivity contribution in [1.29, 1.82) is 0 Å². The van der Waals surface area contributed by atoms with E-state index in [1.165, 1.54) is 44.9 Å². The summed E-state index contributed by atoms with van der Waals surface area (Å²) in [5.41, 5.74) is 4.36. The fraction of sp³-hybridized carbons (Fsp3) is 0.522. The Morgan fingerprint density at radius 1 is 0.966 bits per heavy atom. The van der Waals surface area contributed by atoms with Crippen LogP contribution in [0, 0.1) is 0 Å². The van der Waals surface area contributed by atoms with E-state index < -0.39 is 0 Å². The maximum Gasteiger partial charge on any atom is 0.259 e. The molecule has 6 nitrogen and oxygen atoms in total. The van der Waals surface area contributed by atoms with E-state index in [4.69, 9.17) is 0 Å². The molecule has 6 heteroatoms. The van der Waals surface area contributed by atoms with Gasteiger partial charge >= 0.3 is 0 Å². The summed E-state index contributed by atoms with van der Waals surface area (Å²) in [6.07, 6.45) is 14.9. The zero-order valence-corrected chi connectivity index (χ0v) is 17.5. The number of hydrogen-bond acceptors (Lipinski definition) is 3. The first-order valence-corrected chi connectivity index (χ1v) is 10.9. The van der Waals surface area contributed by atoms with Crippen LogP contribution in [-0.4, -0.2) is 29.6 Å². The first kappa shape index (κ1) is 22.7. The Morgan fingerprint density at radius 3 is 2.41 bits per heavy atom. The van der Waals surface area contributed by atoms with Gasteiger partial charge in [0.1, 0.15) is 0 Å². The lowest BCUT2D eigenvalue weighted by molar-refractivity contribution is -0.126. The lowest BCUT2D eigenvalue weighted by Gasteiger charge is -2.04. The summed E-state index contributed by atoms with van der Waals surface area (Å²) in [5.74, 6) is -0.412. The first-order valence-electron chi connectivity index (χ1n) is 10.9. The topological polar surface area (TPSA) is 86.3 Å². The van der Waals surface area contributed by atoms with E-state index in [1.807, 2.05) is 30.5 Å². The van der Waals surface area contributed by atoms with Gasteiger partial charge in [0.05, 0.1) is 12.8 Å². The van der Waals surface area contributed by atoms with E-state index in [0.717, 1.165) is 29.3 Å². The Kier molecular flexibility index (Phi) is 10.6. The number of aromatic amines is 1. The number of para-hydroxylation sites is 1. The third kappa shape index (κ3) is 8.94. The van der Waals surface area contributed by atoms with Gasteiger partial charge in [-0.3, -0.25) is 9.59 Å². The number of hydrogen-bond donors (Lipinski definition) is 3. The molecule has 1 aromatic carbocycles. The Morgan fingerprint density at radius 2 is 1.66 bits per heavy atom. The second kappa shape index (κ2) is 13.5. The predicted molar refractivity (Wildman–Crippen MR) is 119 cm³/mol. The minimum Gasteiger partial charge on any atom is -0.361 e. The summed E-state index contributed by atoms with van der Waals surface area (Å²) < 4.78 is 0. The molecule has 0 atom stereocenters. The molecule has 3 N–H and O–H groups in total. The number of nitrogens with zero attached hydrogens (tertiary/aromatic N) is 1. The van der Waals surface area contributed by atoms with Gasteiger partial charge in [0.15, 0.2) is 0 Å². The van der Waals surface area contributed by atoms with Crippen molar-refractivity contribution in [3.05, 3.63) is 36.0 Å². The normalized spacial score (nSPS) is 11.2. The zero-order valence-electron chi connectivity index (χ0n) is 17.5. The van der Waals surface area contributed by atoms with Crippen LogP contribution in [0.4, 0.5) is 0 Å². The maximum absolute atomic E-state index is 11.8. The highest BCUT2D eigenvalue weighted by Gasteiger charge is 2.05. The number of fused-ring (bicyclic) bond motifs is 1. The molecule has 0 saturated heterocycles. The second-order valence-corrected chi connectivity index (χ2v) is 7.44. The van der Waals surface area contributed by atoms with Crippen molar-refractivity contribution in [3.8, 4) is 0 Å². The van der Waals surface area contributed by atoms with Crippen LogP contribution in [0.3, 0.4) is 0 Å². The van der Waals surface area contributed by atoms with Gasteiger partial charge in [0.2, 0.25) is 5.91 Å². The van der Waals surface area contributed by atoms with Crippen molar-refractivity contribution in [2.24, 2.45) is 5.10 Å². The monoisotopic (exact) mass is 398 g/mol. The molecule has 0 saturated carbocycles. The number of benzene rings is 1. The van der Waals surface area contributed by atoms with E-state index in [1.54, 1.807) is 6.21 Å². The third-order valence-electron chi connectivity index (χ3n) is 4.97. The van der Waals surface area contributed by atoms with Gasteiger partial charge in [0.25, 0.3) is 5.91 Å². The minimum atomic E-state index is -0.332. The maximum atomic E-state index is 11.8. The zero-order chi connectivity index (χ0) is 20.7. The Bertz CT molecular complexity index is 782. The van der Waals surface area contributed by atoms with Crippen LogP contribution in [-0.2, 0) is 9.59 Å². The highest BCUT2D eigenvalue weighted by molar-refractivity contribution is 5.99. The molecular weight excluding hydrogens is 364 g/mol. The number of rotatable bonds is 14. The highest BCUT2D eigenvalue weighted by atomic mass is 16.2. The summed E-state index contributed by atoms with van der Waals surface area (Å²) >= 11 is 0. The number of amides is 2. The largest absolute Gasteiger partial charge is 0.361 e. The van der Waals surface area contributed by atoms with Crippen LogP contribution < -0.4 is 10.7 Å². The van der Waals surface area contributed by atoms with Gasteiger partial charge in [-0.25, -0.2) is 5.43 Å². The fourth-order valence-corrected chi connectivity index (χ4v) is 3.28. The van der Waals surface area contributed by atoms with Gasteiger partial charge in [-0.05, 0) is 12.5 Å². The molecule has 0 aliphatic carbocycles. The van der Waals surface area contributed by atoms with Crippen LogP contribution in [0.1, 0.15) is 76.7 Å². The molecule has 29 heavy (non-hydrogen) atoms. The molecule has 0 radical (unpaired) electrons. The summed E-state index contributed by atoms with van der Waals surface area (Å²) in [6, 6.07) is 7.88. The molecule has 0 fully saturated rings. The molecule has 0 unspecified atom stereocenters. The number of H-pyrrole nitrogens is 1. The van der Waals surface area contributed by atoms with Crippen molar-refractivity contribution in [1.82, 2.24) is 15.7 Å². The molecule has 0 spiro atoms. The molecule has 1 aromatic heterocycles. The molecule has 0 bridgehead atoms. The van der Waals surface area contributed by atoms with E-state index in [9.17, 15) is 9.59 Å². The quantitative estimate of drug-likeness (QED) is 0.246. The number of hydrazone groups is 1. The van der Waals surface area contributed by atoms with Crippen LogP contribution in [0.15, 0.2) is 35.6 Å². The van der Waals surface area contributed by atoms with Crippen LogP contribution in [0.25, 0.3) is 10.9 Å². The van der Waals surface area contributed by atoms with E-state index in [0.29, 0.717) is 6.42 Å². The molecule has 1 heterocycles. The number of aromatic nitrogens is 1. The van der Waals surface area contributed by atoms with Crippen molar-refractivity contribution in [3.63, 3.8) is 0 Å². The fourth-order valence-electron chi connectivity index (χ4n) is 3.28. The summed E-state index contributed by atoms with van der Waals surface area (Å²) in [6.45, 7) is 2.18. The lowest BCUT2D eigenvalue weighted by Crippen LogP contribution is -2.34. The summed E-state index contributed by atoms with van der Waals surface area (Å²) in [4.78, 5) is 26.8. The summed E-state index contributed by atoms with van der Waals surface area (Å²) in [5, 5.41) is 7.66. The van der Waals surface area contributed by atoms with Gasteiger partial charge < -0.3 is 10.3 Å². The molecule has 0 aliphatic rings. The number of carbonyl (C=O) groups is 2. The van der Waals surface area contributed by atoms with Crippen LogP contribution >= 0.6 is 0 Å². The second-order valence-electron chi connectivity index (χ2n) is 7.44. The number of unbranched alkanes of at least 4 members (excludes halogenated alkanes) is 8. The Balaban J connectivity index is 1.52. The molecular formula is C23H34N4O2. The average Bonchev–Trinajstić information content (AvgIpc) is 3.14. The van der Waals surface area contributed by atoms with Crippen molar-refractivity contribution < 1.29 is 9.59 Å². The van der Waals surface area contributed by atoms with Gasteiger partial charge in [0, 0.05) is 29.1 Å². The van der Waals surface area contributed by atoms with Crippen LogP contribution in [0.5, 0.6) is 0 Å². The number of nitrogens with one attached hydrogen (secondary N) is 3. The molecule has 2 amide bonds. The van der Waals surface area contributed by atoms with E-state index >= 15 is 0 Å². The molecule has 158 valence electrons. The van der Waals surface area contributed by atoms with Crippen molar-refractivity contribution in [2.45, 2.75) is 71.1 Å². The Hall–Kier alpha value is -2.63. The third-order valence-corrected chi connectivity index (χ3v) is 4.97. The summed E-state index contributed by atoms with van der Waals surface area (Å²) in [7, 11) is 0. The van der Waals surface area contributed by atoms with Crippen LogP contribution in [0.2, 0.25) is 0 Å². The lowest BCUT2D eigenvalue weighted by atomic mass is 10.1. The molecule has 2 rings (SSSR count). The molecule has 0 aliphatic heterocycles. The number of carbonyl (C=O) groups excluding carboxylic acids is 2. The Labute approximate surface area is 173 Å². The first-order chi connectivity index (χ1) is 14.2. The molecule has 2 aromatic rings. The van der Waals surface area contributed by atoms with Gasteiger partial charge in [-0.15, -0.1) is 0 Å². The van der Waals surface area contributed by atoms with Gasteiger partial charge in [-0.2, -0.15) is 5.10 Å². The average molecular weight is 399 g/mol. The highest BCUT2D eigenvalue weighted by Crippen LogP contribution is 2.15.